The number of ketones is 1. The summed E-state index contributed by atoms with van der Waals surface area (Å²) in [5, 5.41) is 0. The Balaban J connectivity index is 1.97. The third kappa shape index (κ3) is 4.05. The lowest BCUT2D eigenvalue weighted by molar-refractivity contribution is 0.0590. The van der Waals surface area contributed by atoms with Gasteiger partial charge in [-0.05, 0) is 50.6 Å². The lowest BCUT2D eigenvalue weighted by Crippen LogP contribution is -2.43. The summed E-state index contributed by atoms with van der Waals surface area (Å²) in [5.41, 5.74) is 2.14. The van der Waals surface area contributed by atoms with E-state index in [0.717, 1.165) is 0 Å². The number of aryl methyl sites for hydroxylation is 1. The standard InChI is InChI=1S/C23H24N2O5/c1-14-19(15(2)24-20(14)23(28)29-4)21(26)16(3)25(13-18-11-8-12-30-18)22(27)17-9-6-5-7-10-17/h5-12,16,24H,13H2,1-4H3. The summed E-state index contributed by atoms with van der Waals surface area (Å²) in [6.45, 7) is 5.22. The van der Waals surface area contributed by atoms with Crippen molar-refractivity contribution in [3.63, 3.8) is 0 Å². The number of hydrogen-bond donors (Lipinski definition) is 1. The molecule has 0 aliphatic carbocycles. The molecule has 0 aliphatic heterocycles. The highest BCUT2D eigenvalue weighted by Crippen LogP contribution is 2.24. The number of nitrogens with one attached hydrogen (secondary N) is 1. The first-order valence-electron chi connectivity index (χ1n) is 9.55. The van der Waals surface area contributed by atoms with Crippen molar-refractivity contribution in [2.75, 3.05) is 7.11 Å². The van der Waals surface area contributed by atoms with Crippen molar-refractivity contribution in [3.8, 4) is 0 Å². The summed E-state index contributed by atoms with van der Waals surface area (Å²) in [6, 6.07) is 11.5. The minimum absolute atomic E-state index is 0.139. The second kappa shape index (κ2) is 8.82. The number of methoxy groups -OCH3 is 1. The highest BCUT2D eigenvalue weighted by atomic mass is 16.5. The molecule has 1 amide bonds. The van der Waals surface area contributed by atoms with Gasteiger partial charge >= 0.3 is 5.97 Å². The summed E-state index contributed by atoms with van der Waals surface area (Å²) in [6.07, 6.45) is 1.52. The number of furan rings is 1. The first-order chi connectivity index (χ1) is 14.3. The van der Waals surface area contributed by atoms with Gasteiger partial charge in [-0.15, -0.1) is 0 Å². The lowest BCUT2D eigenvalue weighted by atomic mass is 9.99. The van der Waals surface area contributed by atoms with Crippen LogP contribution in [-0.2, 0) is 11.3 Å². The fourth-order valence-electron chi connectivity index (χ4n) is 3.48. The van der Waals surface area contributed by atoms with Crippen molar-refractivity contribution in [1.82, 2.24) is 9.88 Å². The number of Topliss-reactive ketones (excluding diaryl/α,β-unsaturated/α-hetero) is 1. The van der Waals surface area contributed by atoms with Gasteiger partial charge in [0.15, 0.2) is 5.78 Å². The quantitative estimate of drug-likeness (QED) is 0.472. The number of ether oxygens (including phenoxy) is 1. The van der Waals surface area contributed by atoms with Gasteiger partial charge < -0.3 is 19.0 Å². The van der Waals surface area contributed by atoms with Gasteiger partial charge in [-0.25, -0.2) is 4.79 Å². The third-order valence-electron chi connectivity index (χ3n) is 5.11. The fraction of sp³-hybridized carbons (Fsp3) is 0.261. The molecular formula is C23H24N2O5. The number of rotatable bonds is 7. The van der Waals surface area contributed by atoms with Crippen molar-refractivity contribution >= 4 is 17.7 Å². The number of amides is 1. The Morgan fingerprint density at radius 1 is 1.10 bits per heavy atom. The molecule has 0 fully saturated rings. The van der Waals surface area contributed by atoms with E-state index < -0.39 is 12.0 Å². The Labute approximate surface area is 174 Å². The van der Waals surface area contributed by atoms with Gasteiger partial charge in [-0.3, -0.25) is 9.59 Å². The van der Waals surface area contributed by atoms with Gasteiger partial charge in [0.05, 0.1) is 26.0 Å². The third-order valence-corrected chi connectivity index (χ3v) is 5.11. The SMILES string of the molecule is COC(=O)c1[nH]c(C)c(C(=O)C(C)N(Cc2ccco2)C(=O)c2ccccc2)c1C. The van der Waals surface area contributed by atoms with Gasteiger partial charge in [0, 0.05) is 16.8 Å². The molecule has 2 heterocycles. The van der Waals surface area contributed by atoms with E-state index in [1.54, 1.807) is 57.2 Å². The summed E-state index contributed by atoms with van der Waals surface area (Å²) in [4.78, 5) is 43.0. The van der Waals surface area contributed by atoms with Crippen LogP contribution in [0.1, 0.15) is 55.1 Å². The van der Waals surface area contributed by atoms with Crippen molar-refractivity contribution in [1.29, 1.82) is 0 Å². The van der Waals surface area contributed by atoms with Crippen LogP contribution in [-0.4, -0.2) is 40.7 Å². The summed E-state index contributed by atoms with van der Waals surface area (Å²) in [7, 11) is 1.28. The molecule has 0 radical (unpaired) electrons. The van der Waals surface area contributed by atoms with Gasteiger partial charge in [0.2, 0.25) is 0 Å². The molecule has 7 heteroatoms. The molecule has 0 spiro atoms. The molecule has 156 valence electrons. The highest BCUT2D eigenvalue weighted by molar-refractivity contribution is 6.07. The van der Waals surface area contributed by atoms with E-state index in [0.29, 0.717) is 28.1 Å². The van der Waals surface area contributed by atoms with Crippen LogP contribution in [0.15, 0.2) is 53.1 Å². The van der Waals surface area contributed by atoms with Gasteiger partial charge in [-0.2, -0.15) is 0 Å². The fourth-order valence-corrected chi connectivity index (χ4v) is 3.48. The Kier molecular flexibility index (Phi) is 6.20. The smallest absolute Gasteiger partial charge is 0.354 e. The minimum atomic E-state index is -0.790. The molecule has 3 aromatic rings. The minimum Gasteiger partial charge on any atom is -0.467 e. The maximum Gasteiger partial charge on any atom is 0.354 e. The lowest BCUT2D eigenvalue weighted by Gasteiger charge is -2.28. The van der Waals surface area contributed by atoms with E-state index in [-0.39, 0.29) is 23.9 Å². The van der Waals surface area contributed by atoms with Crippen molar-refractivity contribution < 1.29 is 23.5 Å². The number of nitrogens with zero attached hydrogens (tertiary/aromatic N) is 1. The average Bonchev–Trinajstić information content (AvgIpc) is 3.38. The van der Waals surface area contributed by atoms with Crippen LogP contribution < -0.4 is 0 Å². The molecule has 0 saturated carbocycles. The molecular weight excluding hydrogens is 384 g/mol. The van der Waals surface area contributed by atoms with E-state index in [2.05, 4.69) is 4.98 Å². The second-order valence-corrected chi connectivity index (χ2v) is 7.04. The molecule has 0 aliphatic rings. The van der Waals surface area contributed by atoms with Gasteiger partial charge in [0.25, 0.3) is 5.91 Å². The van der Waals surface area contributed by atoms with E-state index in [1.165, 1.54) is 18.3 Å². The van der Waals surface area contributed by atoms with Crippen LogP contribution in [0.5, 0.6) is 0 Å². The molecule has 30 heavy (non-hydrogen) atoms. The van der Waals surface area contributed by atoms with Crippen LogP contribution >= 0.6 is 0 Å². The predicted molar refractivity (Wildman–Crippen MR) is 110 cm³/mol. The Bertz CT molecular complexity index is 1050. The average molecular weight is 408 g/mol. The maximum absolute atomic E-state index is 13.4. The molecule has 7 nitrogen and oxygen atoms in total. The van der Waals surface area contributed by atoms with Crippen molar-refractivity contribution in [2.24, 2.45) is 0 Å². The normalized spacial score (nSPS) is 11.7. The van der Waals surface area contributed by atoms with Crippen molar-refractivity contribution in [2.45, 2.75) is 33.4 Å². The molecule has 1 unspecified atom stereocenters. The summed E-state index contributed by atoms with van der Waals surface area (Å²) >= 11 is 0. The molecule has 1 aromatic carbocycles. The Morgan fingerprint density at radius 3 is 2.40 bits per heavy atom. The number of aromatic nitrogens is 1. The molecule has 1 atom stereocenters. The van der Waals surface area contributed by atoms with E-state index in [9.17, 15) is 14.4 Å². The van der Waals surface area contributed by atoms with Crippen LogP contribution in [0.4, 0.5) is 0 Å². The highest BCUT2D eigenvalue weighted by Gasteiger charge is 2.32. The van der Waals surface area contributed by atoms with Crippen molar-refractivity contribution in [3.05, 3.63) is 82.6 Å². The van der Waals surface area contributed by atoms with Crippen LogP contribution in [0.25, 0.3) is 0 Å². The molecule has 3 rings (SSSR count). The van der Waals surface area contributed by atoms with Crippen LogP contribution in [0.3, 0.4) is 0 Å². The predicted octanol–water partition coefficient (Wildman–Crippen LogP) is 3.92. The number of H-pyrrole nitrogens is 1. The first-order valence-corrected chi connectivity index (χ1v) is 9.55. The summed E-state index contributed by atoms with van der Waals surface area (Å²) < 4.78 is 10.2. The number of carbonyl (C=O) groups excluding carboxylic acids is 3. The van der Waals surface area contributed by atoms with Crippen LogP contribution in [0.2, 0.25) is 0 Å². The molecule has 1 N–H and O–H groups in total. The molecule has 0 saturated heterocycles. The van der Waals surface area contributed by atoms with Gasteiger partial charge in [-0.1, -0.05) is 18.2 Å². The number of aromatic amines is 1. The monoisotopic (exact) mass is 408 g/mol. The van der Waals surface area contributed by atoms with E-state index >= 15 is 0 Å². The number of hydrogen-bond acceptors (Lipinski definition) is 5. The maximum atomic E-state index is 13.4. The Hall–Kier alpha value is -3.61. The zero-order valence-corrected chi connectivity index (χ0v) is 17.4. The number of esters is 1. The van der Waals surface area contributed by atoms with Crippen LogP contribution in [0, 0.1) is 13.8 Å². The largest absolute Gasteiger partial charge is 0.467 e. The second-order valence-electron chi connectivity index (χ2n) is 7.04. The van der Waals surface area contributed by atoms with E-state index in [4.69, 9.17) is 9.15 Å². The molecule has 0 bridgehead atoms. The van der Waals surface area contributed by atoms with Gasteiger partial charge in [0.1, 0.15) is 11.5 Å². The summed E-state index contributed by atoms with van der Waals surface area (Å²) in [5.74, 6) is -0.536. The first kappa shape index (κ1) is 21.1. The van der Waals surface area contributed by atoms with E-state index in [1.807, 2.05) is 6.07 Å². The number of carbonyl (C=O) groups is 3. The Morgan fingerprint density at radius 2 is 1.80 bits per heavy atom. The number of benzene rings is 1. The zero-order valence-electron chi connectivity index (χ0n) is 17.4. The zero-order chi connectivity index (χ0) is 21.8. The molecule has 2 aromatic heterocycles. The topological polar surface area (TPSA) is 92.6 Å².